The molecule has 0 aliphatic carbocycles. The summed E-state index contributed by atoms with van der Waals surface area (Å²) in [6.07, 6.45) is 3.58. The Kier molecular flexibility index (Phi) is 6.49. The van der Waals surface area contributed by atoms with Gasteiger partial charge < -0.3 is 21.1 Å². The molecule has 5 N–H and O–H groups in total. The third-order valence-electron chi connectivity index (χ3n) is 6.56. The van der Waals surface area contributed by atoms with E-state index in [-0.39, 0.29) is 32.8 Å². The van der Waals surface area contributed by atoms with Gasteiger partial charge in [-0.2, -0.15) is 0 Å². The average molecular weight is 536 g/mol. The summed E-state index contributed by atoms with van der Waals surface area (Å²) in [4.78, 5) is 15.6. The van der Waals surface area contributed by atoms with Crippen molar-refractivity contribution in [3.63, 3.8) is 0 Å². The Morgan fingerprint density at radius 3 is 2.38 bits per heavy atom. The second-order valence-electron chi connectivity index (χ2n) is 8.81. The number of carbonyl (C=O) groups is 1. The molecule has 1 atom stereocenters. The van der Waals surface area contributed by atoms with Gasteiger partial charge in [0, 0.05) is 13.1 Å². The van der Waals surface area contributed by atoms with E-state index in [2.05, 4.69) is 15.5 Å². The molecule has 1 amide bonds. The smallest absolute Gasteiger partial charge is 0.255 e. The molecule has 1 aromatic heterocycles. The maximum absolute atomic E-state index is 13.6. The number of rotatable bonds is 6. The minimum absolute atomic E-state index is 0.0687. The van der Waals surface area contributed by atoms with Crippen LogP contribution in [0, 0.1) is 5.41 Å². The Labute approximate surface area is 223 Å². The number of aromatic nitrogens is 3. The molecule has 1 fully saturated rings. The Morgan fingerprint density at radius 2 is 1.73 bits per heavy atom. The number of halogens is 2. The monoisotopic (exact) mass is 535 g/mol. The van der Waals surface area contributed by atoms with Crippen LogP contribution < -0.4 is 16.0 Å². The average Bonchev–Trinajstić information content (AvgIpc) is 3.55. The summed E-state index contributed by atoms with van der Waals surface area (Å²) in [5.41, 5.74) is 7.33. The first-order valence-electron chi connectivity index (χ1n) is 11.4. The van der Waals surface area contributed by atoms with E-state index in [4.69, 9.17) is 34.3 Å². The number of para-hydroxylation sites is 1. The van der Waals surface area contributed by atoms with Crippen molar-refractivity contribution < 1.29 is 9.90 Å². The largest absolute Gasteiger partial charge is 0.505 e. The number of nitrogens with one attached hydrogen (secondary N) is 2. The van der Waals surface area contributed by atoms with Crippen LogP contribution in [0.3, 0.4) is 0 Å². The number of nitrogen functional groups attached to an aromatic ring is 1. The van der Waals surface area contributed by atoms with Crippen LogP contribution in [0.2, 0.25) is 10.0 Å². The molecule has 0 radical (unpaired) electrons. The lowest BCUT2D eigenvalue weighted by molar-refractivity contribution is 0.0905. The van der Waals surface area contributed by atoms with Crippen LogP contribution in [0.15, 0.2) is 73.3 Å². The lowest BCUT2D eigenvalue weighted by atomic mass is 9.88. The fourth-order valence-corrected chi connectivity index (χ4v) is 5.37. The van der Waals surface area contributed by atoms with E-state index >= 15 is 0 Å². The van der Waals surface area contributed by atoms with Crippen LogP contribution in [0.5, 0.6) is 5.75 Å². The van der Waals surface area contributed by atoms with Crippen molar-refractivity contribution in [3.8, 4) is 11.4 Å². The third kappa shape index (κ3) is 4.59. The Hall–Kier alpha value is -4.08. The molecule has 37 heavy (non-hydrogen) atoms. The van der Waals surface area contributed by atoms with E-state index in [9.17, 15) is 9.90 Å². The maximum Gasteiger partial charge on any atom is 0.255 e. The third-order valence-corrected chi connectivity index (χ3v) is 7.16. The molecule has 1 aliphatic rings. The summed E-state index contributed by atoms with van der Waals surface area (Å²) in [5, 5.41) is 29.7. The van der Waals surface area contributed by atoms with Crippen molar-refractivity contribution in [1.29, 1.82) is 5.41 Å². The van der Waals surface area contributed by atoms with Crippen molar-refractivity contribution in [1.82, 2.24) is 20.1 Å². The predicted octanol–water partition coefficient (Wildman–Crippen LogP) is 4.10. The van der Waals surface area contributed by atoms with Crippen molar-refractivity contribution in [2.24, 2.45) is 5.73 Å². The molecule has 3 aromatic carbocycles. The zero-order chi connectivity index (χ0) is 26.2. The minimum atomic E-state index is -0.795. The second kappa shape index (κ2) is 9.76. The van der Waals surface area contributed by atoms with Gasteiger partial charge in [0.15, 0.2) is 0 Å². The number of nitrogens with two attached hydrogens (primary N) is 1. The molecule has 1 unspecified atom stereocenters. The van der Waals surface area contributed by atoms with E-state index in [1.54, 1.807) is 34.9 Å². The maximum atomic E-state index is 13.6. The van der Waals surface area contributed by atoms with Gasteiger partial charge in [-0.15, -0.1) is 10.2 Å². The highest BCUT2D eigenvalue weighted by Gasteiger charge is 2.42. The molecule has 11 heteroatoms. The van der Waals surface area contributed by atoms with Gasteiger partial charge in [-0.05, 0) is 36.2 Å². The number of carbonyl (C=O) groups excluding carboxylic acids is 1. The van der Waals surface area contributed by atoms with Gasteiger partial charge in [0.25, 0.3) is 5.91 Å². The number of phenols is 1. The van der Waals surface area contributed by atoms with Crippen molar-refractivity contribution in [2.75, 3.05) is 18.0 Å². The summed E-state index contributed by atoms with van der Waals surface area (Å²) in [6, 6.07) is 18.0. The lowest BCUT2D eigenvalue weighted by Gasteiger charge is -2.32. The molecule has 4 aromatic rings. The van der Waals surface area contributed by atoms with E-state index in [1.165, 1.54) is 12.7 Å². The first kappa shape index (κ1) is 24.6. The van der Waals surface area contributed by atoms with E-state index in [0.717, 1.165) is 5.56 Å². The highest BCUT2D eigenvalue weighted by Crippen LogP contribution is 2.40. The molecule has 0 bridgehead atoms. The Bertz CT molecular complexity index is 1450. The fourth-order valence-electron chi connectivity index (χ4n) is 4.73. The number of hydrogen-bond donors (Lipinski definition) is 4. The molecule has 1 saturated heterocycles. The highest BCUT2D eigenvalue weighted by molar-refractivity contribution is 6.40. The summed E-state index contributed by atoms with van der Waals surface area (Å²) in [7, 11) is 0. The number of amides is 1. The SMILES string of the molecule is N=C(N)c1cccc(N2CCC(NC(=O)c3c(Cl)cc(-n4cnnc4)cc3Cl)(c3ccccc3)C2)c1O. The van der Waals surface area contributed by atoms with Gasteiger partial charge in [-0.1, -0.05) is 59.6 Å². The van der Waals surface area contributed by atoms with E-state index in [0.29, 0.717) is 30.9 Å². The van der Waals surface area contributed by atoms with Crippen molar-refractivity contribution in [3.05, 3.63) is 100 Å². The number of nitrogens with zero attached hydrogens (tertiary/aromatic N) is 4. The predicted molar refractivity (Wildman–Crippen MR) is 143 cm³/mol. The standard InChI is InChI=1S/C26H23Cl2N7O2/c27-19-11-17(35-14-31-32-15-35)12-20(28)22(19)25(37)33-26(16-5-2-1-3-6-16)9-10-34(13-26)21-8-4-7-18(23(21)36)24(29)30/h1-8,11-12,14-15,36H,9-10,13H2,(H3,29,30)(H,33,37). The molecule has 0 spiro atoms. The number of aromatic hydroxyl groups is 1. The zero-order valence-electron chi connectivity index (χ0n) is 19.5. The summed E-state index contributed by atoms with van der Waals surface area (Å²) < 4.78 is 1.64. The molecular weight excluding hydrogens is 513 g/mol. The number of phenolic OH excluding ortho intramolecular Hbond substituents is 1. The van der Waals surface area contributed by atoms with E-state index < -0.39 is 11.4 Å². The van der Waals surface area contributed by atoms with Crippen molar-refractivity contribution >= 4 is 40.6 Å². The quantitative estimate of drug-likeness (QED) is 0.217. The number of amidine groups is 1. The minimum Gasteiger partial charge on any atom is -0.505 e. The molecular formula is C26H23Cl2N7O2. The van der Waals surface area contributed by atoms with Crippen LogP contribution in [-0.4, -0.2) is 44.7 Å². The van der Waals surface area contributed by atoms with Crippen LogP contribution in [-0.2, 0) is 5.54 Å². The van der Waals surface area contributed by atoms with Crippen molar-refractivity contribution in [2.45, 2.75) is 12.0 Å². The number of anilines is 1. The Morgan fingerprint density at radius 1 is 1.05 bits per heavy atom. The lowest BCUT2D eigenvalue weighted by Crippen LogP contribution is -2.48. The van der Waals surface area contributed by atoms with Gasteiger partial charge in [-0.3, -0.25) is 14.8 Å². The van der Waals surface area contributed by atoms with E-state index in [1.807, 2.05) is 35.2 Å². The Balaban J connectivity index is 1.49. The second-order valence-corrected chi connectivity index (χ2v) is 9.63. The van der Waals surface area contributed by atoms with Crippen LogP contribution in [0.1, 0.15) is 27.9 Å². The fraction of sp³-hybridized carbons (Fsp3) is 0.154. The highest BCUT2D eigenvalue weighted by atomic mass is 35.5. The van der Waals surface area contributed by atoms with Crippen LogP contribution in [0.25, 0.3) is 5.69 Å². The number of benzene rings is 3. The van der Waals surface area contributed by atoms with Gasteiger partial charge in [0.1, 0.15) is 24.2 Å². The van der Waals surface area contributed by atoms with Gasteiger partial charge in [0.05, 0.1) is 38.1 Å². The number of hydrogen-bond acceptors (Lipinski definition) is 6. The first-order valence-corrected chi connectivity index (χ1v) is 12.2. The molecule has 5 rings (SSSR count). The topological polar surface area (TPSA) is 133 Å². The molecule has 0 saturated carbocycles. The molecule has 2 heterocycles. The van der Waals surface area contributed by atoms with Gasteiger partial charge in [-0.25, -0.2) is 0 Å². The van der Waals surface area contributed by atoms with Gasteiger partial charge >= 0.3 is 0 Å². The summed E-state index contributed by atoms with van der Waals surface area (Å²) in [5.74, 6) is -0.709. The molecule has 1 aliphatic heterocycles. The van der Waals surface area contributed by atoms with Crippen LogP contribution >= 0.6 is 23.2 Å². The normalized spacial score (nSPS) is 17.1. The zero-order valence-corrected chi connectivity index (χ0v) is 21.0. The van der Waals surface area contributed by atoms with Gasteiger partial charge in [0.2, 0.25) is 0 Å². The van der Waals surface area contributed by atoms with Crippen LogP contribution in [0.4, 0.5) is 5.69 Å². The molecule has 188 valence electrons. The summed E-state index contributed by atoms with van der Waals surface area (Å²) in [6.45, 7) is 0.907. The first-order chi connectivity index (χ1) is 17.8. The molecule has 9 nitrogen and oxygen atoms in total. The summed E-state index contributed by atoms with van der Waals surface area (Å²) >= 11 is 13.1.